The Morgan fingerprint density at radius 3 is 2.71 bits per heavy atom. The molecular weight excluding hydrogens is 266 g/mol. The molecule has 1 N–H and O–H groups in total. The van der Waals surface area contributed by atoms with E-state index in [9.17, 15) is 4.79 Å². The fourth-order valence-electron chi connectivity index (χ4n) is 2.91. The van der Waals surface area contributed by atoms with Gasteiger partial charge in [0.15, 0.2) is 5.82 Å². The lowest BCUT2D eigenvalue weighted by atomic mass is 10.1. The van der Waals surface area contributed by atoms with Gasteiger partial charge in [0, 0.05) is 17.7 Å². The minimum atomic E-state index is 0.00162. The molecule has 0 saturated carbocycles. The summed E-state index contributed by atoms with van der Waals surface area (Å²) in [6.45, 7) is 6.25. The van der Waals surface area contributed by atoms with Crippen LogP contribution in [0.5, 0.6) is 0 Å². The molecule has 0 spiro atoms. The summed E-state index contributed by atoms with van der Waals surface area (Å²) >= 11 is 0. The minimum absolute atomic E-state index is 0.00162. The van der Waals surface area contributed by atoms with E-state index in [0.29, 0.717) is 24.0 Å². The number of aryl methyl sites for hydroxylation is 1. The molecule has 0 atom stereocenters. The van der Waals surface area contributed by atoms with Crippen molar-refractivity contribution in [2.75, 3.05) is 25.0 Å². The molecule has 6 nitrogen and oxygen atoms in total. The van der Waals surface area contributed by atoms with Crippen LogP contribution in [0.1, 0.15) is 37.6 Å². The van der Waals surface area contributed by atoms with Crippen molar-refractivity contribution in [3.63, 3.8) is 0 Å². The van der Waals surface area contributed by atoms with Gasteiger partial charge in [-0.2, -0.15) is 0 Å². The van der Waals surface area contributed by atoms with Crippen molar-refractivity contribution < 1.29 is 4.79 Å². The molecule has 1 saturated heterocycles. The maximum atomic E-state index is 12.2. The van der Waals surface area contributed by atoms with Crippen LogP contribution >= 0.6 is 0 Å². The molecule has 0 aliphatic carbocycles. The lowest BCUT2D eigenvalue weighted by Crippen LogP contribution is -2.37. The van der Waals surface area contributed by atoms with Crippen molar-refractivity contribution >= 4 is 23.3 Å². The molecule has 0 unspecified atom stereocenters. The summed E-state index contributed by atoms with van der Waals surface area (Å²) < 4.78 is 0. The molecule has 0 radical (unpaired) electrons. The van der Waals surface area contributed by atoms with Crippen LogP contribution in [0.4, 0.5) is 11.6 Å². The van der Waals surface area contributed by atoms with Gasteiger partial charge in [-0.25, -0.2) is 15.0 Å². The molecule has 2 aliphatic rings. The zero-order chi connectivity index (χ0) is 14.8. The Morgan fingerprint density at radius 1 is 1.19 bits per heavy atom. The molecule has 0 aromatic carbocycles. The zero-order valence-electron chi connectivity index (χ0n) is 12.6. The zero-order valence-corrected chi connectivity index (χ0v) is 12.6. The maximum absolute atomic E-state index is 12.2. The largest absolute Gasteiger partial charge is 0.309 e. The molecule has 3 rings (SSSR count). The Hall–Kier alpha value is -1.82. The predicted molar refractivity (Wildman–Crippen MR) is 82.2 cm³/mol. The van der Waals surface area contributed by atoms with Gasteiger partial charge in [-0.3, -0.25) is 9.69 Å². The first-order valence-electron chi connectivity index (χ1n) is 7.56. The fourth-order valence-corrected chi connectivity index (χ4v) is 2.91. The summed E-state index contributed by atoms with van der Waals surface area (Å²) in [6, 6.07) is 0. The smallest absolute Gasteiger partial charge is 0.239 e. The Bertz CT molecular complexity index is 590. The van der Waals surface area contributed by atoms with E-state index >= 15 is 0 Å². The maximum Gasteiger partial charge on any atom is 0.239 e. The summed E-state index contributed by atoms with van der Waals surface area (Å²) in [6.07, 6.45) is 4.35. The van der Waals surface area contributed by atoms with Gasteiger partial charge in [0.1, 0.15) is 11.6 Å². The van der Waals surface area contributed by atoms with Crippen LogP contribution in [-0.4, -0.2) is 46.1 Å². The first-order chi connectivity index (χ1) is 10.1. The molecule has 1 aromatic heterocycles. The van der Waals surface area contributed by atoms with Gasteiger partial charge < -0.3 is 5.32 Å². The fraction of sp³-hybridized carbons (Fsp3) is 0.600. The van der Waals surface area contributed by atoms with E-state index in [2.05, 4.69) is 25.2 Å². The number of carbonyl (C=O) groups is 1. The molecule has 1 amide bonds. The highest BCUT2D eigenvalue weighted by Crippen LogP contribution is 2.29. The molecule has 1 fully saturated rings. The van der Waals surface area contributed by atoms with E-state index in [0.717, 1.165) is 30.8 Å². The summed E-state index contributed by atoms with van der Waals surface area (Å²) in [7, 11) is 0. The van der Waals surface area contributed by atoms with Gasteiger partial charge in [0.25, 0.3) is 0 Å². The molecule has 1 aromatic rings. The third-order valence-electron chi connectivity index (χ3n) is 3.90. The summed E-state index contributed by atoms with van der Waals surface area (Å²) in [5.41, 5.74) is 1.95. The highest BCUT2D eigenvalue weighted by Gasteiger charge is 2.21. The van der Waals surface area contributed by atoms with E-state index in [4.69, 9.17) is 0 Å². The van der Waals surface area contributed by atoms with Gasteiger partial charge in [0.2, 0.25) is 5.91 Å². The third kappa shape index (κ3) is 3.26. The Kier molecular flexibility index (Phi) is 3.96. The predicted octanol–water partition coefficient (Wildman–Crippen LogP) is 1.86. The van der Waals surface area contributed by atoms with E-state index < -0.39 is 0 Å². The van der Waals surface area contributed by atoms with Crippen molar-refractivity contribution in [2.24, 2.45) is 4.99 Å². The number of aromatic nitrogens is 2. The second-order valence-corrected chi connectivity index (χ2v) is 5.83. The minimum Gasteiger partial charge on any atom is -0.309 e. The van der Waals surface area contributed by atoms with Crippen LogP contribution in [0, 0.1) is 6.92 Å². The molecule has 21 heavy (non-hydrogen) atoms. The Labute approximate surface area is 124 Å². The van der Waals surface area contributed by atoms with Gasteiger partial charge in [0.05, 0.1) is 6.54 Å². The average Bonchev–Trinajstić information content (AvgIpc) is 2.80. The number of anilines is 1. The van der Waals surface area contributed by atoms with Crippen LogP contribution < -0.4 is 5.32 Å². The molecule has 0 bridgehead atoms. The highest BCUT2D eigenvalue weighted by molar-refractivity contribution is 5.97. The van der Waals surface area contributed by atoms with Crippen molar-refractivity contribution in [1.29, 1.82) is 0 Å². The quantitative estimate of drug-likeness (QED) is 0.921. The number of carbonyl (C=O) groups excluding carboxylic acids is 1. The van der Waals surface area contributed by atoms with Crippen LogP contribution in [-0.2, 0) is 11.2 Å². The number of piperidine rings is 1. The number of aliphatic imine (C=N–C) groups is 1. The molecule has 3 heterocycles. The first kappa shape index (κ1) is 14.1. The standard InChI is InChI=1S/C15H21N5O/c1-10-8-12-14(16-10)17-11(2)18-15(12)19-13(21)9-20-6-4-3-5-7-20/h3-9H2,1-2H3,(H,17,18,19,21). The summed E-state index contributed by atoms with van der Waals surface area (Å²) in [5, 5.41) is 2.95. The number of likely N-dealkylation sites (tertiary alicyclic amines) is 1. The highest BCUT2D eigenvalue weighted by atomic mass is 16.2. The van der Waals surface area contributed by atoms with Gasteiger partial charge >= 0.3 is 0 Å². The first-order valence-corrected chi connectivity index (χ1v) is 7.56. The van der Waals surface area contributed by atoms with E-state index in [1.165, 1.54) is 19.3 Å². The molecule has 6 heteroatoms. The van der Waals surface area contributed by atoms with E-state index in [-0.39, 0.29) is 5.91 Å². The molecule has 2 aliphatic heterocycles. The van der Waals surface area contributed by atoms with Crippen LogP contribution in [0.2, 0.25) is 0 Å². The van der Waals surface area contributed by atoms with Crippen molar-refractivity contribution in [2.45, 2.75) is 39.5 Å². The van der Waals surface area contributed by atoms with Gasteiger partial charge in [-0.05, 0) is 39.8 Å². The van der Waals surface area contributed by atoms with Crippen LogP contribution in [0.25, 0.3) is 0 Å². The number of fused-ring (bicyclic) bond motifs is 1. The summed E-state index contributed by atoms with van der Waals surface area (Å²) in [4.78, 5) is 27.5. The van der Waals surface area contributed by atoms with Crippen molar-refractivity contribution in [1.82, 2.24) is 14.9 Å². The number of hydrogen-bond donors (Lipinski definition) is 1. The van der Waals surface area contributed by atoms with E-state index in [1.807, 2.05) is 13.8 Å². The number of hydrogen-bond acceptors (Lipinski definition) is 5. The van der Waals surface area contributed by atoms with Crippen LogP contribution in [0.3, 0.4) is 0 Å². The Morgan fingerprint density at radius 2 is 1.95 bits per heavy atom. The lowest BCUT2D eigenvalue weighted by Gasteiger charge is -2.25. The number of amides is 1. The van der Waals surface area contributed by atoms with Crippen molar-refractivity contribution in [3.8, 4) is 0 Å². The second-order valence-electron chi connectivity index (χ2n) is 5.83. The van der Waals surface area contributed by atoms with Gasteiger partial charge in [-0.1, -0.05) is 6.42 Å². The monoisotopic (exact) mass is 287 g/mol. The summed E-state index contributed by atoms with van der Waals surface area (Å²) in [5.74, 6) is 1.97. The topological polar surface area (TPSA) is 70.5 Å². The normalized spacial score (nSPS) is 18.3. The number of rotatable bonds is 3. The van der Waals surface area contributed by atoms with Gasteiger partial charge in [-0.15, -0.1) is 0 Å². The lowest BCUT2D eigenvalue weighted by molar-refractivity contribution is -0.117. The second kappa shape index (κ2) is 5.89. The third-order valence-corrected chi connectivity index (χ3v) is 3.90. The van der Waals surface area contributed by atoms with Crippen molar-refractivity contribution in [3.05, 3.63) is 11.4 Å². The molecular formula is C15H21N5O. The number of nitrogens with zero attached hydrogens (tertiary/aromatic N) is 4. The Balaban J connectivity index is 1.69. The molecule has 112 valence electrons. The number of nitrogens with one attached hydrogen (secondary N) is 1. The van der Waals surface area contributed by atoms with Crippen LogP contribution in [0.15, 0.2) is 4.99 Å². The average molecular weight is 287 g/mol. The van der Waals surface area contributed by atoms with E-state index in [1.54, 1.807) is 0 Å². The SMILES string of the molecule is CC1=Nc2nc(C)nc(NC(=O)CN3CCCCC3)c2C1.